The number of benzene rings is 2. The normalized spacial score (nSPS) is 12.2. The van der Waals surface area contributed by atoms with Gasteiger partial charge in [-0.3, -0.25) is 0 Å². The van der Waals surface area contributed by atoms with Crippen molar-refractivity contribution in [3.05, 3.63) is 64.7 Å². The van der Waals surface area contributed by atoms with Gasteiger partial charge in [-0.1, -0.05) is 35.9 Å². The molecule has 5 heteroatoms. The highest BCUT2D eigenvalue weighted by atomic mass is 16.5. The summed E-state index contributed by atoms with van der Waals surface area (Å²) >= 11 is 0. The van der Waals surface area contributed by atoms with Crippen LogP contribution in [-0.4, -0.2) is 30.4 Å². The van der Waals surface area contributed by atoms with Crippen LogP contribution in [0.4, 0.5) is 0 Å². The fourth-order valence-corrected chi connectivity index (χ4v) is 2.77. The van der Waals surface area contributed by atoms with Crippen molar-refractivity contribution in [2.24, 2.45) is 0 Å². The monoisotopic (exact) mass is 372 g/mol. The summed E-state index contributed by atoms with van der Waals surface area (Å²) in [4.78, 5) is 11.4. The van der Waals surface area contributed by atoms with E-state index in [2.05, 4.69) is 12.1 Å². The number of rotatable bonds is 10. The van der Waals surface area contributed by atoms with Gasteiger partial charge in [0.15, 0.2) is 6.10 Å². The zero-order valence-electron chi connectivity index (χ0n) is 16.4. The van der Waals surface area contributed by atoms with Gasteiger partial charge in [0.1, 0.15) is 5.75 Å². The van der Waals surface area contributed by atoms with Crippen molar-refractivity contribution in [1.82, 2.24) is 0 Å². The van der Waals surface area contributed by atoms with Crippen LogP contribution in [0.5, 0.6) is 5.75 Å². The molecule has 0 aliphatic rings. The molecule has 0 spiro atoms. The molecule has 2 rings (SSSR count). The molecule has 0 fully saturated rings. The largest absolute Gasteiger partial charge is 0.496 e. The molecule has 2 aromatic carbocycles. The maximum absolute atomic E-state index is 11.4. The number of hydrogen-bond donors (Lipinski definition) is 1. The molecular formula is C22H28O5. The molecule has 1 atom stereocenters. The SMILES string of the molecule is COc1ccc(CC(OC(C)C)C(=O)O)cc1COCc1ccc(C)cc1. The number of methoxy groups -OCH3 is 1. The molecule has 0 aliphatic heterocycles. The number of carbonyl (C=O) groups is 1. The fourth-order valence-electron chi connectivity index (χ4n) is 2.77. The maximum Gasteiger partial charge on any atom is 0.333 e. The minimum absolute atomic E-state index is 0.151. The van der Waals surface area contributed by atoms with Crippen molar-refractivity contribution < 1.29 is 24.1 Å². The van der Waals surface area contributed by atoms with Gasteiger partial charge in [-0.05, 0) is 44.0 Å². The van der Waals surface area contributed by atoms with Gasteiger partial charge in [-0.25, -0.2) is 4.79 Å². The van der Waals surface area contributed by atoms with Crippen molar-refractivity contribution in [2.45, 2.75) is 52.6 Å². The lowest BCUT2D eigenvalue weighted by molar-refractivity contribution is -0.153. The number of hydrogen-bond acceptors (Lipinski definition) is 4. The maximum atomic E-state index is 11.4. The summed E-state index contributed by atoms with van der Waals surface area (Å²) in [5, 5.41) is 9.37. The Labute approximate surface area is 160 Å². The first-order chi connectivity index (χ1) is 12.9. The Hall–Kier alpha value is -2.37. The third-order valence-electron chi connectivity index (χ3n) is 4.12. The van der Waals surface area contributed by atoms with E-state index in [9.17, 15) is 9.90 Å². The van der Waals surface area contributed by atoms with E-state index in [1.165, 1.54) is 5.56 Å². The van der Waals surface area contributed by atoms with Crippen LogP contribution < -0.4 is 4.74 Å². The lowest BCUT2D eigenvalue weighted by atomic mass is 10.0. The van der Waals surface area contributed by atoms with Crippen molar-refractivity contribution in [1.29, 1.82) is 0 Å². The highest BCUT2D eigenvalue weighted by Gasteiger charge is 2.20. The molecule has 0 saturated heterocycles. The second-order valence-electron chi connectivity index (χ2n) is 6.84. The van der Waals surface area contributed by atoms with E-state index in [-0.39, 0.29) is 6.10 Å². The molecule has 0 bridgehead atoms. The van der Waals surface area contributed by atoms with Gasteiger partial charge < -0.3 is 19.3 Å². The van der Waals surface area contributed by atoms with Crippen molar-refractivity contribution in [3.8, 4) is 5.75 Å². The Kier molecular flexibility index (Phi) is 7.82. The summed E-state index contributed by atoms with van der Waals surface area (Å²) in [7, 11) is 1.61. The number of ether oxygens (including phenoxy) is 3. The fraction of sp³-hybridized carbons (Fsp3) is 0.409. The van der Waals surface area contributed by atoms with E-state index in [1.54, 1.807) is 7.11 Å². The zero-order valence-corrected chi connectivity index (χ0v) is 16.4. The van der Waals surface area contributed by atoms with Gasteiger partial charge in [0.05, 0.1) is 26.4 Å². The van der Waals surface area contributed by atoms with Crippen LogP contribution in [0.1, 0.15) is 36.1 Å². The van der Waals surface area contributed by atoms with Gasteiger partial charge in [0, 0.05) is 12.0 Å². The van der Waals surface area contributed by atoms with Gasteiger partial charge >= 0.3 is 5.97 Å². The van der Waals surface area contributed by atoms with Crippen LogP contribution in [0.2, 0.25) is 0 Å². The lowest BCUT2D eigenvalue weighted by Crippen LogP contribution is -2.29. The van der Waals surface area contributed by atoms with Crippen LogP contribution in [0.15, 0.2) is 42.5 Å². The Balaban J connectivity index is 2.05. The predicted molar refractivity (Wildman–Crippen MR) is 104 cm³/mol. The number of aryl methyl sites for hydroxylation is 1. The average molecular weight is 372 g/mol. The van der Waals surface area contributed by atoms with E-state index in [0.717, 1.165) is 22.4 Å². The zero-order chi connectivity index (χ0) is 19.8. The van der Waals surface area contributed by atoms with Gasteiger partial charge in [-0.15, -0.1) is 0 Å². The third-order valence-corrected chi connectivity index (χ3v) is 4.12. The highest BCUT2D eigenvalue weighted by Crippen LogP contribution is 2.23. The van der Waals surface area contributed by atoms with Gasteiger partial charge in [0.25, 0.3) is 0 Å². The Morgan fingerprint density at radius 3 is 2.30 bits per heavy atom. The summed E-state index contributed by atoms with van der Waals surface area (Å²) in [6.07, 6.45) is -0.732. The van der Waals surface area contributed by atoms with E-state index in [4.69, 9.17) is 14.2 Å². The number of aliphatic carboxylic acids is 1. The summed E-state index contributed by atoms with van der Waals surface area (Å²) in [6, 6.07) is 13.8. The summed E-state index contributed by atoms with van der Waals surface area (Å²) < 4.78 is 16.7. The standard InChI is InChI=1S/C22H28O5/c1-15(2)27-21(22(23)24)12-18-9-10-20(25-4)19(11-18)14-26-13-17-7-5-16(3)6-8-17/h5-11,15,21H,12-14H2,1-4H3,(H,23,24). The summed E-state index contributed by atoms with van der Waals surface area (Å²) in [5.74, 6) is -0.240. The van der Waals surface area contributed by atoms with Crippen LogP contribution in [0, 0.1) is 6.92 Å². The van der Waals surface area contributed by atoms with E-state index < -0.39 is 12.1 Å². The first kappa shape index (κ1) is 20.9. The first-order valence-corrected chi connectivity index (χ1v) is 9.06. The molecule has 0 amide bonds. The van der Waals surface area contributed by atoms with Crippen molar-refractivity contribution in [3.63, 3.8) is 0 Å². The predicted octanol–water partition coefficient (Wildman–Crippen LogP) is 4.14. The molecule has 0 saturated carbocycles. The molecule has 146 valence electrons. The van der Waals surface area contributed by atoms with E-state index in [1.807, 2.05) is 51.1 Å². The molecule has 0 aromatic heterocycles. The van der Waals surface area contributed by atoms with E-state index in [0.29, 0.717) is 19.6 Å². The molecule has 2 aromatic rings. The molecule has 0 heterocycles. The van der Waals surface area contributed by atoms with Gasteiger partial charge in [0.2, 0.25) is 0 Å². The van der Waals surface area contributed by atoms with Gasteiger partial charge in [-0.2, -0.15) is 0 Å². The lowest BCUT2D eigenvalue weighted by Gasteiger charge is -2.17. The topological polar surface area (TPSA) is 65.0 Å². The Bertz CT molecular complexity index is 737. The van der Waals surface area contributed by atoms with Crippen LogP contribution >= 0.6 is 0 Å². The molecule has 0 radical (unpaired) electrons. The third kappa shape index (κ3) is 6.70. The van der Waals surface area contributed by atoms with Crippen LogP contribution in [0.3, 0.4) is 0 Å². The minimum atomic E-state index is -0.961. The average Bonchev–Trinajstić information content (AvgIpc) is 2.62. The molecule has 0 aliphatic carbocycles. The first-order valence-electron chi connectivity index (χ1n) is 9.06. The van der Waals surface area contributed by atoms with Crippen LogP contribution in [0.25, 0.3) is 0 Å². The molecular weight excluding hydrogens is 344 g/mol. The highest BCUT2D eigenvalue weighted by molar-refractivity contribution is 5.72. The second kappa shape index (κ2) is 10.1. The smallest absolute Gasteiger partial charge is 0.333 e. The molecule has 1 N–H and O–H groups in total. The molecule has 5 nitrogen and oxygen atoms in total. The Morgan fingerprint density at radius 1 is 1.04 bits per heavy atom. The van der Waals surface area contributed by atoms with Crippen molar-refractivity contribution >= 4 is 5.97 Å². The molecule has 1 unspecified atom stereocenters. The minimum Gasteiger partial charge on any atom is -0.496 e. The molecule has 27 heavy (non-hydrogen) atoms. The summed E-state index contributed by atoms with van der Waals surface area (Å²) in [5.41, 5.74) is 4.07. The second-order valence-corrected chi connectivity index (χ2v) is 6.84. The number of carboxylic acid groups (broad SMARTS) is 1. The van der Waals surface area contributed by atoms with Crippen LogP contribution in [-0.2, 0) is 33.9 Å². The number of carboxylic acids is 1. The summed E-state index contributed by atoms with van der Waals surface area (Å²) in [6.45, 7) is 6.59. The van der Waals surface area contributed by atoms with E-state index >= 15 is 0 Å². The quantitative estimate of drug-likeness (QED) is 0.679. The van der Waals surface area contributed by atoms with Crippen molar-refractivity contribution in [2.75, 3.05) is 7.11 Å². The Morgan fingerprint density at radius 2 is 1.70 bits per heavy atom.